The lowest BCUT2D eigenvalue weighted by Gasteiger charge is -2.15. The Kier molecular flexibility index (Phi) is 5.71. The zero-order chi connectivity index (χ0) is 20.4. The van der Waals surface area contributed by atoms with E-state index in [2.05, 4.69) is 21.9 Å². The number of fused-ring (bicyclic) bond motifs is 1. The van der Waals surface area contributed by atoms with Gasteiger partial charge >= 0.3 is 0 Å². The van der Waals surface area contributed by atoms with Crippen LogP contribution in [0.25, 0.3) is 0 Å². The monoisotopic (exact) mass is 447 g/mol. The van der Waals surface area contributed by atoms with Crippen LogP contribution in [0.15, 0.2) is 46.0 Å². The highest BCUT2D eigenvalue weighted by Crippen LogP contribution is 2.32. The Balaban J connectivity index is 1.36. The molecule has 2 aromatic heterocycles. The molecule has 0 radical (unpaired) electrons. The minimum absolute atomic E-state index is 0.129. The fourth-order valence-electron chi connectivity index (χ4n) is 3.25. The van der Waals surface area contributed by atoms with Crippen molar-refractivity contribution in [1.82, 2.24) is 4.98 Å². The van der Waals surface area contributed by atoms with Gasteiger partial charge in [0.15, 0.2) is 5.13 Å². The number of nitrogens with zero attached hydrogens (tertiary/aromatic N) is 1. The molecule has 1 aliphatic rings. The number of hydrogen-bond acceptors (Lipinski definition) is 6. The number of thiazole rings is 1. The fourth-order valence-corrected chi connectivity index (χ4v) is 6.49. The molecule has 3 aromatic rings. The fraction of sp³-hybridized carbons (Fsp3) is 0.300. The molecule has 1 aliphatic carbocycles. The van der Waals surface area contributed by atoms with Gasteiger partial charge in [-0.1, -0.05) is 25.1 Å². The van der Waals surface area contributed by atoms with E-state index in [1.54, 1.807) is 53.1 Å². The van der Waals surface area contributed by atoms with Gasteiger partial charge < -0.3 is 5.32 Å². The molecule has 4 rings (SSSR count). The highest BCUT2D eigenvalue weighted by molar-refractivity contribution is 7.94. The van der Waals surface area contributed by atoms with Gasteiger partial charge in [-0.15, -0.1) is 22.7 Å². The lowest BCUT2D eigenvalue weighted by Crippen LogP contribution is -2.14. The Hall–Kier alpha value is -2.23. The van der Waals surface area contributed by atoms with E-state index in [1.165, 1.54) is 4.88 Å². The number of thiophene rings is 1. The first-order valence-electron chi connectivity index (χ1n) is 9.33. The zero-order valence-electron chi connectivity index (χ0n) is 15.8. The van der Waals surface area contributed by atoms with Crippen LogP contribution in [-0.2, 0) is 34.1 Å². The van der Waals surface area contributed by atoms with E-state index in [4.69, 9.17) is 0 Å². The summed E-state index contributed by atoms with van der Waals surface area (Å²) >= 11 is 2.73. The number of aryl methyl sites for hydroxylation is 1. The van der Waals surface area contributed by atoms with Gasteiger partial charge in [-0.3, -0.25) is 9.52 Å². The van der Waals surface area contributed by atoms with Crippen molar-refractivity contribution in [3.8, 4) is 0 Å². The summed E-state index contributed by atoms with van der Waals surface area (Å²) in [5.41, 5.74) is 2.38. The number of sulfonamides is 1. The molecular weight excluding hydrogens is 426 g/mol. The lowest BCUT2D eigenvalue weighted by molar-refractivity contribution is -0.115. The molecule has 6 nitrogen and oxygen atoms in total. The predicted molar refractivity (Wildman–Crippen MR) is 117 cm³/mol. The first kappa shape index (κ1) is 20.1. The van der Waals surface area contributed by atoms with E-state index >= 15 is 0 Å². The molecule has 1 amide bonds. The quantitative estimate of drug-likeness (QED) is 0.589. The average Bonchev–Trinajstić information content (AvgIpc) is 3.32. The number of anilines is 2. The Morgan fingerprint density at radius 3 is 2.76 bits per heavy atom. The minimum atomic E-state index is -3.57. The molecule has 0 saturated carbocycles. The van der Waals surface area contributed by atoms with E-state index in [0.717, 1.165) is 41.9 Å². The molecule has 2 heterocycles. The molecule has 1 aromatic carbocycles. The van der Waals surface area contributed by atoms with Crippen LogP contribution < -0.4 is 10.0 Å². The number of carbonyl (C=O) groups excluding carboxylic acids is 1. The van der Waals surface area contributed by atoms with Crippen molar-refractivity contribution in [1.29, 1.82) is 0 Å². The van der Waals surface area contributed by atoms with Crippen molar-refractivity contribution in [2.45, 2.75) is 36.8 Å². The van der Waals surface area contributed by atoms with Crippen LogP contribution in [0.3, 0.4) is 0 Å². The molecule has 29 heavy (non-hydrogen) atoms. The van der Waals surface area contributed by atoms with Crippen LogP contribution in [0.4, 0.5) is 10.8 Å². The first-order chi connectivity index (χ1) is 13.9. The molecule has 0 fully saturated rings. The Morgan fingerprint density at radius 1 is 1.24 bits per heavy atom. The number of nitrogens with one attached hydrogen (secondary N) is 2. The number of aromatic nitrogens is 1. The lowest BCUT2D eigenvalue weighted by atomic mass is 9.93. The van der Waals surface area contributed by atoms with Gasteiger partial charge in [0.2, 0.25) is 5.91 Å². The Bertz CT molecular complexity index is 1100. The SMILES string of the molecule is CC1CCc2nc(NC(=O)Cc3ccc(NS(=O)(=O)c4cccs4)cc3)sc2C1. The summed E-state index contributed by atoms with van der Waals surface area (Å²) < 4.78 is 27.3. The highest BCUT2D eigenvalue weighted by Gasteiger charge is 2.20. The summed E-state index contributed by atoms with van der Waals surface area (Å²) in [5, 5.41) is 5.27. The van der Waals surface area contributed by atoms with Crippen LogP contribution in [-0.4, -0.2) is 19.3 Å². The second-order valence-electron chi connectivity index (χ2n) is 7.20. The van der Waals surface area contributed by atoms with E-state index < -0.39 is 10.0 Å². The molecule has 0 spiro atoms. The van der Waals surface area contributed by atoms with Gasteiger partial charge in [-0.05, 0) is 54.3 Å². The van der Waals surface area contributed by atoms with Crippen LogP contribution in [0.1, 0.15) is 29.5 Å². The summed E-state index contributed by atoms with van der Waals surface area (Å²) in [6, 6.07) is 10.1. The van der Waals surface area contributed by atoms with E-state index in [1.807, 2.05) is 0 Å². The number of benzene rings is 1. The van der Waals surface area contributed by atoms with Crippen LogP contribution >= 0.6 is 22.7 Å². The summed E-state index contributed by atoms with van der Waals surface area (Å²) in [6.45, 7) is 2.24. The Labute approximate surface area is 178 Å². The van der Waals surface area contributed by atoms with Crippen molar-refractivity contribution in [3.05, 3.63) is 57.9 Å². The van der Waals surface area contributed by atoms with Gasteiger partial charge in [0.25, 0.3) is 10.0 Å². The third kappa shape index (κ3) is 4.85. The van der Waals surface area contributed by atoms with Crippen molar-refractivity contribution in [2.75, 3.05) is 10.0 Å². The first-order valence-corrected chi connectivity index (χ1v) is 12.5. The second-order valence-corrected chi connectivity index (χ2v) is 11.1. The molecule has 1 unspecified atom stereocenters. The van der Waals surface area contributed by atoms with Gasteiger partial charge in [-0.2, -0.15) is 0 Å². The van der Waals surface area contributed by atoms with Crippen LogP contribution in [0.2, 0.25) is 0 Å². The average molecular weight is 448 g/mol. The molecule has 0 aliphatic heterocycles. The smallest absolute Gasteiger partial charge is 0.271 e. The van der Waals surface area contributed by atoms with Crippen molar-refractivity contribution in [2.24, 2.45) is 5.92 Å². The standard InChI is InChI=1S/C20H21N3O3S3/c1-13-4-9-16-17(11-13)28-20(21-16)22-18(24)12-14-5-7-15(8-6-14)23-29(25,26)19-3-2-10-27-19/h2-3,5-8,10,13,23H,4,9,11-12H2,1H3,(H,21,22,24). The largest absolute Gasteiger partial charge is 0.302 e. The number of carbonyl (C=O) groups is 1. The molecule has 0 saturated heterocycles. The minimum Gasteiger partial charge on any atom is -0.302 e. The normalized spacial score (nSPS) is 16.2. The van der Waals surface area contributed by atoms with Crippen molar-refractivity contribution < 1.29 is 13.2 Å². The van der Waals surface area contributed by atoms with Gasteiger partial charge in [0.1, 0.15) is 4.21 Å². The highest BCUT2D eigenvalue weighted by atomic mass is 32.2. The van der Waals surface area contributed by atoms with Gasteiger partial charge in [-0.25, -0.2) is 13.4 Å². The van der Waals surface area contributed by atoms with E-state index in [-0.39, 0.29) is 16.5 Å². The summed E-state index contributed by atoms with van der Waals surface area (Å²) in [6.07, 6.45) is 3.36. The summed E-state index contributed by atoms with van der Waals surface area (Å²) in [7, 11) is -3.57. The van der Waals surface area contributed by atoms with E-state index in [9.17, 15) is 13.2 Å². The van der Waals surface area contributed by atoms with Crippen molar-refractivity contribution in [3.63, 3.8) is 0 Å². The number of rotatable bonds is 6. The Morgan fingerprint density at radius 2 is 2.03 bits per heavy atom. The maximum atomic E-state index is 12.4. The molecule has 2 N–H and O–H groups in total. The molecule has 0 bridgehead atoms. The van der Waals surface area contributed by atoms with Crippen LogP contribution in [0.5, 0.6) is 0 Å². The summed E-state index contributed by atoms with van der Waals surface area (Å²) in [5.74, 6) is 0.540. The second kappa shape index (κ2) is 8.25. The number of amides is 1. The third-order valence-corrected chi connectivity index (χ3v) is 8.58. The van der Waals surface area contributed by atoms with Gasteiger partial charge in [0, 0.05) is 10.6 Å². The maximum absolute atomic E-state index is 12.4. The molecular formula is C20H21N3O3S3. The topological polar surface area (TPSA) is 88.2 Å². The zero-order valence-corrected chi connectivity index (χ0v) is 18.3. The van der Waals surface area contributed by atoms with Crippen molar-refractivity contribution >= 4 is 49.4 Å². The third-order valence-electron chi connectivity index (χ3n) is 4.76. The van der Waals surface area contributed by atoms with E-state index in [0.29, 0.717) is 16.7 Å². The predicted octanol–water partition coefficient (Wildman–Crippen LogP) is 4.31. The number of hydrogen-bond donors (Lipinski definition) is 2. The van der Waals surface area contributed by atoms with Gasteiger partial charge in [0.05, 0.1) is 12.1 Å². The summed E-state index contributed by atoms with van der Waals surface area (Å²) in [4.78, 5) is 18.2. The van der Waals surface area contributed by atoms with Crippen LogP contribution in [0, 0.1) is 5.92 Å². The molecule has 9 heteroatoms. The molecule has 1 atom stereocenters. The maximum Gasteiger partial charge on any atom is 0.271 e. The molecule has 152 valence electrons.